The molecule has 0 radical (unpaired) electrons. The molecular weight excluding hydrogens is 749 g/mol. The van der Waals surface area contributed by atoms with Gasteiger partial charge in [-0.3, -0.25) is 4.79 Å². The normalized spacial score (nSPS) is 36.2. The second-order valence-electron chi connectivity index (χ2n) is 21.0. The molecule has 1 heterocycles. The fourth-order valence-corrected chi connectivity index (χ4v) is 13.1. The first-order chi connectivity index (χ1) is 28.8. The van der Waals surface area contributed by atoms with Crippen molar-refractivity contribution in [3.63, 3.8) is 0 Å². The lowest BCUT2D eigenvalue weighted by Gasteiger charge is -2.58. The van der Waals surface area contributed by atoms with Crippen LogP contribution in [0, 0.1) is 46.3 Å². The average Bonchev–Trinajstić information content (AvgIpc) is 3.59. The number of aliphatic hydroxyl groups is 3. The van der Waals surface area contributed by atoms with Gasteiger partial charge in [-0.2, -0.15) is 0 Å². The van der Waals surface area contributed by atoms with Crippen LogP contribution < -0.4 is 0 Å². The Morgan fingerprint density at radius 1 is 0.867 bits per heavy atom. The van der Waals surface area contributed by atoms with Crippen molar-refractivity contribution in [2.45, 2.75) is 239 Å². The van der Waals surface area contributed by atoms with Crippen molar-refractivity contribution in [3.05, 3.63) is 36.0 Å². The van der Waals surface area contributed by atoms with E-state index in [2.05, 4.69) is 66.3 Å². The van der Waals surface area contributed by atoms with Crippen LogP contribution in [-0.2, 0) is 19.0 Å². The van der Waals surface area contributed by atoms with Crippen LogP contribution in [0.4, 0.5) is 0 Å². The van der Waals surface area contributed by atoms with Gasteiger partial charge in [0.1, 0.15) is 31.0 Å². The SMILES string of the molecule is C=C(C)C(CC)CCC(C)C1CCC2C3CC=C4CC(OC5OC(COC(=O)CCCCCCC=CCCCCCCCCC)C(O)C(O)C5O)CCC4(C)C3CCC12C. The van der Waals surface area contributed by atoms with Crippen LogP contribution in [0.1, 0.15) is 202 Å². The van der Waals surface area contributed by atoms with Crippen molar-refractivity contribution in [1.82, 2.24) is 0 Å². The first-order valence-electron chi connectivity index (χ1n) is 25.3. The minimum atomic E-state index is -1.45. The summed E-state index contributed by atoms with van der Waals surface area (Å²) in [5.41, 5.74) is 3.43. The van der Waals surface area contributed by atoms with Gasteiger partial charge in [-0.25, -0.2) is 0 Å². The lowest BCUT2D eigenvalue weighted by molar-refractivity contribution is -0.313. The Morgan fingerprint density at radius 2 is 1.55 bits per heavy atom. The zero-order chi connectivity index (χ0) is 43.3. The molecule has 3 N–H and O–H groups in total. The minimum absolute atomic E-state index is 0.150. The van der Waals surface area contributed by atoms with Crippen molar-refractivity contribution in [3.8, 4) is 0 Å². The Morgan fingerprint density at radius 3 is 2.23 bits per heavy atom. The molecule has 0 bridgehead atoms. The Bertz CT molecular complexity index is 1370. The average molecular weight is 839 g/mol. The van der Waals surface area contributed by atoms with Crippen molar-refractivity contribution in [2.24, 2.45) is 46.3 Å². The predicted octanol–water partition coefficient (Wildman–Crippen LogP) is 12.4. The second kappa shape index (κ2) is 24.0. The number of hydrogen-bond acceptors (Lipinski definition) is 7. The number of allylic oxidation sites excluding steroid dienone is 4. The molecule has 5 rings (SSSR count). The molecule has 4 fully saturated rings. The maximum atomic E-state index is 12.6. The molecule has 0 aromatic rings. The lowest BCUT2D eigenvalue weighted by Crippen LogP contribution is -2.60. The van der Waals surface area contributed by atoms with E-state index in [-0.39, 0.29) is 24.1 Å². The highest BCUT2D eigenvalue weighted by atomic mass is 16.7. The van der Waals surface area contributed by atoms with Gasteiger partial charge in [-0.1, -0.05) is 122 Å². The van der Waals surface area contributed by atoms with Crippen molar-refractivity contribution < 1.29 is 34.3 Å². The number of rotatable bonds is 25. The molecule has 14 unspecified atom stereocenters. The molecule has 1 saturated heterocycles. The van der Waals surface area contributed by atoms with Crippen LogP contribution in [0.2, 0.25) is 0 Å². The summed E-state index contributed by atoms with van der Waals surface area (Å²) >= 11 is 0. The van der Waals surface area contributed by atoms with Crippen LogP contribution >= 0.6 is 0 Å². The van der Waals surface area contributed by atoms with Crippen LogP contribution in [0.15, 0.2) is 36.0 Å². The fourth-order valence-electron chi connectivity index (χ4n) is 13.1. The molecule has 3 saturated carbocycles. The minimum Gasteiger partial charge on any atom is -0.463 e. The summed E-state index contributed by atoms with van der Waals surface area (Å²) in [7, 11) is 0. The van der Waals surface area contributed by atoms with E-state index in [0.717, 1.165) is 81.5 Å². The number of hydrogen-bond donors (Lipinski definition) is 3. The first kappa shape index (κ1) is 49.5. The summed E-state index contributed by atoms with van der Waals surface area (Å²) in [6.45, 7) is 18.6. The largest absolute Gasteiger partial charge is 0.463 e. The van der Waals surface area contributed by atoms with Gasteiger partial charge in [0, 0.05) is 6.42 Å². The Labute approximate surface area is 367 Å². The van der Waals surface area contributed by atoms with Crippen molar-refractivity contribution >= 4 is 5.97 Å². The van der Waals surface area contributed by atoms with Crippen LogP contribution in [0.5, 0.6) is 0 Å². The third-order valence-electron chi connectivity index (χ3n) is 17.0. The van der Waals surface area contributed by atoms with E-state index in [1.54, 1.807) is 0 Å². The van der Waals surface area contributed by atoms with E-state index < -0.39 is 30.7 Å². The number of esters is 1. The highest BCUT2D eigenvalue weighted by molar-refractivity contribution is 5.69. The number of carbonyl (C=O) groups is 1. The van der Waals surface area contributed by atoms with E-state index in [9.17, 15) is 20.1 Å². The van der Waals surface area contributed by atoms with E-state index in [4.69, 9.17) is 14.2 Å². The van der Waals surface area contributed by atoms with Crippen LogP contribution in [0.3, 0.4) is 0 Å². The summed E-state index contributed by atoms with van der Waals surface area (Å²) in [5.74, 6) is 4.12. The number of fused-ring (bicyclic) bond motifs is 5. The van der Waals surface area contributed by atoms with Crippen LogP contribution in [0.25, 0.3) is 0 Å². The maximum absolute atomic E-state index is 12.6. The molecule has 0 amide bonds. The molecular formula is C53H90O7. The van der Waals surface area contributed by atoms with Gasteiger partial charge in [0.15, 0.2) is 6.29 Å². The number of ether oxygens (including phenoxy) is 3. The third kappa shape index (κ3) is 12.6. The highest BCUT2D eigenvalue weighted by Crippen LogP contribution is 2.67. The summed E-state index contributed by atoms with van der Waals surface area (Å²) in [4.78, 5) is 12.6. The molecule has 0 aromatic carbocycles. The topological polar surface area (TPSA) is 105 Å². The lowest BCUT2D eigenvalue weighted by atomic mass is 9.47. The molecule has 0 spiro atoms. The quantitative estimate of drug-likeness (QED) is 0.0478. The van der Waals surface area contributed by atoms with Gasteiger partial charge in [-0.15, -0.1) is 0 Å². The zero-order valence-electron chi connectivity index (χ0n) is 39.2. The molecule has 0 aromatic heterocycles. The summed E-state index contributed by atoms with van der Waals surface area (Å²) in [5, 5.41) is 32.5. The van der Waals surface area contributed by atoms with E-state index in [0.29, 0.717) is 23.7 Å². The van der Waals surface area contributed by atoms with E-state index in [1.165, 1.54) is 107 Å². The number of aliphatic hydroxyl groups excluding tert-OH is 3. The highest BCUT2D eigenvalue weighted by Gasteiger charge is 2.59. The molecule has 4 aliphatic carbocycles. The molecule has 14 atom stereocenters. The number of unbranched alkanes of at least 4 members (excludes halogenated alkanes) is 11. The third-order valence-corrected chi connectivity index (χ3v) is 17.0. The van der Waals surface area contributed by atoms with Gasteiger partial charge in [-0.05, 0) is 156 Å². The summed E-state index contributed by atoms with van der Waals surface area (Å²) < 4.78 is 18.0. The molecule has 344 valence electrons. The first-order valence-corrected chi connectivity index (χ1v) is 25.3. The standard InChI is InChI=1S/C53H90O7/c1-8-10-11-12-13-14-15-16-17-18-19-20-21-22-23-24-47(54)58-36-46-48(55)49(56)50(57)51(60-46)59-41-31-33-52(6)40(35-41)27-28-42-44-30-29-43(53(44,7)34-32-45(42)52)38(5)25-26-39(9-2)37(3)4/h17-18,27,38-39,41-46,48-51,55-57H,3,8-16,19-26,28-36H2,1-2,4-7H3. The summed E-state index contributed by atoms with van der Waals surface area (Å²) in [6.07, 6.45) is 29.7. The van der Waals surface area contributed by atoms with Gasteiger partial charge >= 0.3 is 5.97 Å². The molecule has 1 aliphatic heterocycles. The molecule has 60 heavy (non-hydrogen) atoms. The predicted molar refractivity (Wildman–Crippen MR) is 244 cm³/mol. The molecule has 5 aliphatic rings. The number of carbonyl (C=O) groups excluding carboxylic acids is 1. The Hall–Kier alpha value is -1.51. The van der Waals surface area contributed by atoms with Crippen LogP contribution in [-0.4, -0.2) is 64.7 Å². The zero-order valence-corrected chi connectivity index (χ0v) is 39.2. The van der Waals surface area contributed by atoms with Gasteiger partial charge in [0.25, 0.3) is 0 Å². The molecule has 7 heteroatoms. The monoisotopic (exact) mass is 839 g/mol. The van der Waals surface area contributed by atoms with Gasteiger partial charge in [0.05, 0.1) is 6.10 Å². The Balaban J connectivity index is 1.02. The van der Waals surface area contributed by atoms with Crippen molar-refractivity contribution in [2.75, 3.05) is 6.61 Å². The van der Waals surface area contributed by atoms with Gasteiger partial charge < -0.3 is 29.5 Å². The summed E-state index contributed by atoms with van der Waals surface area (Å²) in [6, 6.07) is 0. The maximum Gasteiger partial charge on any atom is 0.305 e. The smallest absolute Gasteiger partial charge is 0.305 e. The van der Waals surface area contributed by atoms with E-state index in [1.807, 2.05) is 0 Å². The van der Waals surface area contributed by atoms with Crippen molar-refractivity contribution in [1.29, 1.82) is 0 Å². The Kier molecular flexibility index (Phi) is 19.8. The van der Waals surface area contributed by atoms with Gasteiger partial charge in [0.2, 0.25) is 0 Å². The fraction of sp³-hybridized carbons (Fsp3) is 0.868. The second-order valence-corrected chi connectivity index (χ2v) is 21.0. The molecule has 7 nitrogen and oxygen atoms in total. The van der Waals surface area contributed by atoms with E-state index >= 15 is 0 Å².